The van der Waals surface area contributed by atoms with Gasteiger partial charge in [0.25, 0.3) is 5.88 Å². The Bertz CT molecular complexity index is 442. The lowest BCUT2D eigenvalue weighted by Crippen LogP contribution is -2.19. The molecule has 0 atom stereocenters. The zero-order valence-corrected chi connectivity index (χ0v) is 13.5. The van der Waals surface area contributed by atoms with E-state index in [-0.39, 0.29) is 24.2 Å². The summed E-state index contributed by atoms with van der Waals surface area (Å²) in [6.45, 7) is 0.749. The van der Waals surface area contributed by atoms with E-state index in [4.69, 9.17) is 16.2 Å². The van der Waals surface area contributed by atoms with Gasteiger partial charge in [0, 0.05) is 18.4 Å². The summed E-state index contributed by atoms with van der Waals surface area (Å²) in [5.41, 5.74) is 10.4. The Morgan fingerprint density at radius 2 is 2.00 bits per heavy atom. The summed E-state index contributed by atoms with van der Waals surface area (Å²) in [5.74, 6) is 0.526. The van der Waals surface area contributed by atoms with Gasteiger partial charge in [-0.2, -0.15) is 0 Å². The van der Waals surface area contributed by atoms with Crippen molar-refractivity contribution < 1.29 is 18.8 Å². The van der Waals surface area contributed by atoms with Crippen LogP contribution in [0.2, 0.25) is 0 Å². The van der Waals surface area contributed by atoms with Crippen molar-refractivity contribution >= 4 is 11.7 Å². The normalized spacial score (nSPS) is 14.1. The highest BCUT2D eigenvalue weighted by molar-refractivity contribution is 5.79. The summed E-state index contributed by atoms with van der Waals surface area (Å²) < 4.78 is 9.65. The number of Topliss-reactive ketones (excluding diaryl/α,β-unsaturated/α-hetero) is 1. The summed E-state index contributed by atoms with van der Waals surface area (Å²) in [4.78, 5) is 21.7. The van der Waals surface area contributed by atoms with Crippen LogP contribution in [0, 0.1) is 5.92 Å². The molecule has 0 aromatic carbocycles. The van der Waals surface area contributed by atoms with Crippen LogP contribution >= 0.6 is 0 Å². The van der Waals surface area contributed by atoms with Crippen LogP contribution in [0.1, 0.15) is 51.4 Å². The number of aromatic nitrogens is 1. The molecule has 2 rings (SSSR count). The molecule has 130 valence electrons. The average Bonchev–Trinajstić information content (AvgIpc) is 3.23. The van der Waals surface area contributed by atoms with Gasteiger partial charge in [-0.15, -0.1) is 0 Å². The topological polar surface area (TPSA) is 121 Å². The van der Waals surface area contributed by atoms with Gasteiger partial charge in [0.05, 0.1) is 0 Å². The molecule has 7 heteroatoms. The number of ether oxygens (including phenoxy) is 1. The van der Waals surface area contributed by atoms with Crippen molar-refractivity contribution in [1.29, 1.82) is 0 Å². The second kappa shape index (κ2) is 11.6. The largest absolute Gasteiger partial charge is 0.468 e. The fourth-order valence-electron chi connectivity index (χ4n) is 2.36. The van der Waals surface area contributed by atoms with Crippen LogP contribution in [0.25, 0.3) is 0 Å². The van der Waals surface area contributed by atoms with Gasteiger partial charge in [0.1, 0.15) is 12.9 Å². The van der Waals surface area contributed by atoms with E-state index in [1.165, 1.54) is 19.1 Å². The van der Waals surface area contributed by atoms with Crippen molar-refractivity contribution in [1.82, 2.24) is 5.16 Å². The Morgan fingerprint density at radius 3 is 2.52 bits per heavy atom. The van der Waals surface area contributed by atoms with Gasteiger partial charge in [0.15, 0.2) is 5.78 Å². The lowest BCUT2D eigenvalue weighted by Gasteiger charge is -2.01. The zero-order valence-electron chi connectivity index (χ0n) is 13.5. The van der Waals surface area contributed by atoms with Crippen LogP contribution in [-0.2, 0) is 9.59 Å². The monoisotopic (exact) mass is 325 g/mol. The lowest BCUT2D eigenvalue weighted by atomic mass is 10.1. The molecule has 4 N–H and O–H groups in total. The minimum absolute atomic E-state index is 0.0646. The number of ketones is 1. The Labute approximate surface area is 136 Å². The van der Waals surface area contributed by atoms with E-state index in [0.29, 0.717) is 18.8 Å². The van der Waals surface area contributed by atoms with Crippen LogP contribution in [0.15, 0.2) is 16.9 Å². The molecule has 23 heavy (non-hydrogen) atoms. The highest BCUT2D eigenvalue weighted by atomic mass is 16.5. The third-order valence-electron chi connectivity index (χ3n) is 3.71. The Balaban J connectivity index is 0.000000277. The number of nitrogens with two attached hydrogens (primary N) is 2. The highest BCUT2D eigenvalue weighted by Gasteiger charge is 2.19. The maximum Gasteiger partial charge on any atom is 0.254 e. The predicted octanol–water partition coefficient (Wildman–Crippen LogP) is 1.80. The smallest absolute Gasteiger partial charge is 0.254 e. The molecule has 1 amide bonds. The quantitative estimate of drug-likeness (QED) is 0.668. The van der Waals surface area contributed by atoms with Crippen molar-refractivity contribution in [3.05, 3.63) is 12.3 Å². The van der Waals surface area contributed by atoms with Crippen molar-refractivity contribution in [2.24, 2.45) is 17.4 Å². The van der Waals surface area contributed by atoms with Crippen molar-refractivity contribution in [3.8, 4) is 5.88 Å². The molecular formula is C16H27N3O4. The number of carbonyl (C=O) groups is 2. The zero-order chi connectivity index (χ0) is 16.9. The first-order chi connectivity index (χ1) is 11.1. The van der Waals surface area contributed by atoms with Gasteiger partial charge in [-0.3, -0.25) is 9.59 Å². The number of hydrogen-bond donors (Lipinski definition) is 2. The third kappa shape index (κ3) is 8.97. The van der Waals surface area contributed by atoms with Crippen molar-refractivity contribution in [2.75, 3.05) is 13.2 Å². The molecular weight excluding hydrogens is 298 g/mol. The summed E-state index contributed by atoms with van der Waals surface area (Å²) >= 11 is 0. The maximum absolute atomic E-state index is 11.3. The SMILES string of the molecule is NC(=O)C1CCCC1.NCCCCCC(=O)COc1ccon1. The van der Waals surface area contributed by atoms with Gasteiger partial charge in [-0.05, 0) is 37.4 Å². The molecule has 1 aliphatic carbocycles. The standard InChI is InChI=1S/C10H16N2O3.C6H11NO/c11-6-3-1-2-4-9(13)8-14-10-5-7-15-12-10;7-6(8)5-3-1-2-4-5/h5,7H,1-4,6,8,11H2;5H,1-4H2,(H2,7,8). The fraction of sp³-hybridized carbons (Fsp3) is 0.688. The molecule has 1 aromatic rings. The van der Waals surface area contributed by atoms with E-state index in [1.54, 1.807) is 6.07 Å². The first-order valence-electron chi connectivity index (χ1n) is 8.17. The average molecular weight is 325 g/mol. The van der Waals surface area contributed by atoms with Crippen LogP contribution in [0.4, 0.5) is 0 Å². The van der Waals surface area contributed by atoms with Gasteiger partial charge in [0.2, 0.25) is 5.91 Å². The number of unbranched alkanes of at least 4 members (excludes halogenated alkanes) is 2. The second-order valence-corrected chi connectivity index (χ2v) is 5.65. The molecule has 1 saturated carbocycles. The van der Waals surface area contributed by atoms with Crippen molar-refractivity contribution in [2.45, 2.75) is 51.4 Å². The predicted molar refractivity (Wildman–Crippen MR) is 85.7 cm³/mol. The lowest BCUT2D eigenvalue weighted by molar-refractivity contribution is -0.122. The van der Waals surface area contributed by atoms with Crippen molar-refractivity contribution in [3.63, 3.8) is 0 Å². The Kier molecular flexibility index (Phi) is 9.70. The second-order valence-electron chi connectivity index (χ2n) is 5.65. The molecule has 7 nitrogen and oxygen atoms in total. The van der Waals surface area contributed by atoms with Crippen LogP contribution in [-0.4, -0.2) is 30.0 Å². The molecule has 0 radical (unpaired) electrons. The minimum Gasteiger partial charge on any atom is -0.468 e. The van der Waals surface area contributed by atoms with Crippen LogP contribution < -0.4 is 16.2 Å². The Hall–Kier alpha value is -1.89. The van der Waals surface area contributed by atoms with Gasteiger partial charge in [-0.1, -0.05) is 19.3 Å². The van der Waals surface area contributed by atoms with E-state index >= 15 is 0 Å². The summed E-state index contributed by atoms with van der Waals surface area (Å²) in [7, 11) is 0. The molecule has 0 spiro atoms. The minimum atomic E-state index is -0.109. The van der Waals surface area contributed by atoms with E-state index < -0.39 is 0 Å². The van der Waals surface area contributed by atoms with Gasteiger partial charge >= 0.3 is 0 Å². The van der Waals surface area contributed by atoms with Crippen LogP contribution in [0.3, 0.4) is 0 Å². The Morgan fingerprint density at radius 1 is 1.26 bits per heavy atom. The number of amides is 1. The van der Waals surface area contributed by atoms with Gasteiger partial charge < -0.3 is 20.7 Å². The van der Waals surface area contributed by atoms with Crippen LogP contribution in [0.5, 0.6) is 5.88 Å². The highest BCUT2D eigenvalue weighted by Crippen LogP contribution is 2.23. The molecule has 1 heterocycles. The molecule has 1 aliphatic rings. The number of nitrogens with zero attached hydrogens (tertiary/aromatic N) is 1. The molecule has 1 fully saturated rings. The number of carbonyl (C=O) groups excluding carboxylic acids is 2. The first-order valence-corrected chi connectivity index (χ1v) is 8.17. The van der Waals surface area contributed by atoms with E-state index in [1.807, 2.05) is 0 Å². The van der Waals surface area contributed by atoms with E-state index in [2.05, 4.69) is 9.68 Å². The van der Waals surface area contributed by atoms with Gasteiger partial charge in [-0.25, -0.2) is 0 Å². The van der Waals surface area contributed by atoms with E-state index in [9.17, 15) is 9.59 Å². The number of rotatable bonds is 9. The summed E-state index contributed by atoms with van der Waals surface area (Å²) in [6.07, 6.45) is 9.20. The first kappa shape index (κ1) is 19.2. The summed E-state index contributed by atoms with van der Waals surface area (Å²) in [6, 6.07) is 1.57. The molecule has 0 bridgehead atoms. The molecule has 0 saturated heterocycles. The maximum atomic E-state index is 11.3. The third-order valence-corrected chi connectivity index (χ3v) is 3.71. The molecule has 0 aliphatic heterocycles. The number of primary amides is 1. The van der Waals surface area contributed by atoms with E-state index in [0.717, 1.165) is 32.1 Å². The number of hydrogen-bond acceptors (Lipinski definition) is 6. The summed E-state index contributed by atoms with van der Waals surface area (Å²) in [5, 5.41) is 3.53. The fourth-order valence-corrected chi connectivity index (χ4v) is 2.36. The molecule has 0 unspecified atom stereocenters. The molecule has 1 aromatic heterocycles.